The van der Waals surface area contributed by atoms with E-state index < -0.39 is 0 Å². The molecule has 0 saturated carbocycles. The Morgan fingerprint density at radius 2 is 2.15 bits per heavy atom. The maximum absolute atomic E-state index is 12.7. The highest BCUT2D eigenvalue weighted by Crippen LogP contribution is 2.32. The first kappa shape index (κ1) is 18.2. The fourth-order valence-electron chi connectivity index (χ4n) is 3.48. The van der Waals surface area contributed by atoms with Crippen molar-refractivity contribution in [1.29, 1.82) is 5.26 Å². The van der Waals surface area contributed by atoms with E-state index in [0.29, 0.717) is 6.42 Å². The number of piperidine rings is 1. The third kappa shape index (κ3) is 3.80. The van der Waals surface area contributed by atoms with E-state index in [2.05, 4.69) is 23.0 Å². The molecule has 136 valence electrons. The number of nitrogens with one attached hydrogen (secondary N) is 1. The second kappa shape index (κ2) is 8.18. The number of aromatic amines is 1. The van der Waals surface area contributed by atoms with Crippen LogP contribution in [0.4, 0.5) is 0 Å². The molecule has 1 saturated heterocycles. The van der Waals surface area contributed by atoms with Crippen molar-refractivity contribution < 1.29 is 4.79 Å². The molecule has 1 N–H and O–H groups in total. The Morgan fingerprint density at radius 3 is 2.85 bits per heavy atom. The van der Waals surface area contributed by atoms with Gasteiger partial charge in [0.05, 0.1) is 30.4 Å². The third-order valence-corrected chi connectivity index (χ3v) is 5.28. The minimum absolute atomic E-state index is 0.0388. The van der Waals surface area contributed by atoms with Crippen LogP contribution in [-0.2, 0) is 11.2 Å². The Labute approximate surface area is 155 Å². The lowest BCUT2D eigenvalue weighted by Gasteiger charge is -2.36. The summed E-state index contributed by atoms with van der Waals surface area (Å²) in [6.07, 6.45) is 6.26. The largest absolute Gasteiger partial charge is 0.340 e. The minimum Gasteiger partial charge on any atom is -0.340 e. The molecule has 1 aromatic carbocycles. The van der Waals surface area contributed by atoms with Gasteiger partial charge in [-0.1, -0.05) is 38.1 Å². The van der Waals surface area contributed by atoms with Gasteiger partial charge in [0.2, 0.25) is 5.91 Å². The standard InChI is InChI=1S/C21H26N4O/c1-3-15(2)21(26)25-13-5-4-6-19(25)20-23-14-18(24-20)17-9-7-16(8-10-17)11-12-22/h7-10,14-15,19H,3-6,11,13H2,1-2H3,(H,23,24). The number of H-pyrrole nitrogens is 1. The Morgan fingerprint density at radius 1 is 1.38 bits per heavy atom. The van der Waals surface area contributed by atoms with Gasteiger partial charge >= 0.3 is 0 Å². The topological polar surface area (TPSA) is 72.8 Å². The van der Waals surface area contributed by atoms with Gasteiger partial charge in [-0.2, -0.15) is 5.26 Å². The van der Waals surface area contributed by atoms with E-state index in [1.165, 1.54) is 0 Å². The first-order valence-corrected chi connectivity index (χ1v) is 9.45. The molecule has 2 unspecified atom stereocenters. The summed E-state index contributed by atoms with van der Waals surface area (Å²) in [4.78, 5) is 22.8. The second-order valence-corrected chi connectivity index (χ2v) is 7.07. The smallest absolute Gasteiger partial charge is 0.226 e. The van der Waals surface area contributed by atoms with E-state index in [-0.39, 0.29) is 17.9 Å². The van der Waals surface area contributed by atoms with E-state index in [1.807, 2.05) is 42.3 Å². The van der Waals surface area contributed by atoms with Crippen molar-refractivity contribution in [3.63, 3.8) is 0 Å². The van der Waals surface area contributed by atoms with E-state index in [0.717, 1.165) is 54.9 Å². The van der Waals surface area contributed by atoms with Crippen molar-refractivity contribution >= 4 is 5.91 Å². The molecule has 0 bridgehead atoms. The Balaban J connectivity index is 1.81. The van der Waals surface area contributed by atoms with Crippen LogP contribution in [0.3, 0.4) is 0 Å². The molecule has 1 aliphatic heterocycles. The molecular formula is C21H26N4O. The molecule has 2 aromatic rings. The van der Waals surface area contributed by atoms with E-state index >= 15 is 0 Å². The normalized spacial score (nSPS) is 18.3. The molecule has 1 amide bonds. The average molecular weight is 350 g/mol. The number of nitriles is 1. The van der Waals surface area contributed by atoms with Gasteiger partial charge in [-0.3, -0.25) is 4.79 Å². The number of hydrogen-bond acceptors (Lipinski definition) is 3. The predicted octanol–water partition coefficient (Wildman–Crippen LogP) is 4.24. The summed E-state index contributed by atoms with van der Waals surface area (Å²) in [7, 11) is 0. The maximum Gasteiger partial charge on any atom is 0.226 e. The van der Waals surface area contributed by atoms with Gasteiger partial charge in [-0.05, 0) is 36.8 Å². The van der Waals surface area contributed by atoms with Gasteiger partial charge in [0.25, 0.3) is 0 Å². The third-order valence-electron chi connectivity index (χ3n) is 5.28. The summed E-state index contributed by atoms with van der Waals surface area (Å²) in [5.41, 5.74) is 3.00. The molecule has 1 aliphatic rings. The molecule has 26 heavy (non-hydrogen) atoms. The SMILES string of the molecule is CCC(C)C(=O)N1CCCCC1c1ncc(-c2ccc(CC#N)cc2)[nH]1. The van der Waals surface area contributed by atoms with Gasteiger partial charge in [-0.15, -0.1) is 0 Å². The number of aromatic nitrogens is 2. The summed E-state index contributed by atoms with van der Waals surface area (Å²) in [6, 6.07) is 10.2. The minimum atomic E-state index is 0.0388. The van der Waals surface area contributed by atoms with Gasteiger partial charge in [0.1, 0.15) is 5.82 Å². The average Bonchev–Trinajstić information content (AvgIpc) is 3.17. The van der Waals surface area contributed by atoms with Crippen LogP contribution in [-0.4, -0.2) is 27.3 Å². The Kier molecular flexibility index (Phi) is 5.72. The van der Waals surface area contributed by atoms with Crippen LogP contribution < -0.4 is 0 Å². The molecule has 2 heterocycles. The number of imidazole rings is 1. The molecular weight excluding hydrogens is 324 g/mol. The van der Waals surface area contributed by atoms with E-state index in [9.17, 15) is 4.79 Å². The van der Waals surface area contributed by atoms with Gasteiger partial charge in [0, 0.05) is 12.5 Å². The highest BCUT2D eigenvalue weighted by Gasteiger charge is 2.31. The van der Waals surface area contributed by atoms with Crippen LogP contribution in [0.5, 0.6) is 0 Å². The number of rotatable bonds is 5. The zero-order valence-electron chi connectivity index (χ0n) is 15.5. The number of likely N-dealkylation sites (tertiary alicyclic amines) is 1. The van der Waals surface area contributed by atoms with Gasteiger partial charge in [-0.25, -0.2) is 4.98 Å². The molecule has 1 fully saturated rings. The first-order valence-electron chi connectivity index (χ1n) is 9.45. The highest BCUT2D eigenvalue weighted by atomic mass is 16.2. The Hall–Kier alpha value is -2.61. The number of benzene rings is 1. The van der Waals surface area contributed by atoms with Crippen LogP contribution in [0, 0.1) is 17.2 Å². The number of amides is 1. The predicted molar refractivity (Wildman–Crippen MR) is 101 cm³/mol. The van der Waals surface area contributed by atoms with Crippen molar-refractivity contribution in [2.45, 2.75) is 52.0 Å². The van der Waals surface area contributed by atoms with Crippen LogP contribution in [0.25, 0.3) is 11.3 Å². The molecule has 0 aliphatic carbocycles. The molecule has 5 heteroatoms. The quantitative estimate of drug-likeness (QED) is 0.876. The summed E-state index contributed by atoms with van der Waals surface area (Å²) in [5, 5.41) is 8.78. The summed E-state index contributed by atoms with van der Waals surface area (Å²) in [5.74, 6) is 1.16. The molecule has 5 nitrogen and oxygen atoms in total. The Bertz CT molecular complexity index is 787. The van der Waals surface area contributed by atoms with Crippen molar-refractivity contribution in [3.8, 4) is 17.3 Å². The number of nitrogens with zero attached hydrogens (tertiary/aromatic N) is 3. The summed E-state index contributed by atoms with van der Waals surface area (Å²) in [6.45, 7) is 4.87. The zero-order chi connectivity index (χ0) is 18.5. The highest BCUT2D eigenvalue weighted by molar-refractivity contribution is 5.79. The van der Waals surface area contributed by atoms with Crippen molar-refractivity contribution in [2.24, 2.45) is 5.92 Å². The first-order chi connectivity index (χ1) is 12.6. The van der Waals surface area contributed by atoms with Crippen molar-refractivity contribution in [3.05, 3.63) is 41.9 Å². The fraction of sp³-hybridized carbons (Fsp3) is 0.476. The van der Waals surface area contributed by atoms with E-state index in [1.54, 1.807) is 0 Å². The molecule has 2 atom stereocenters. The monoisotopic (exact) mass is 350 g/mol. The summed E-state index contributed by atoms with van der Waals surface area (Å²) < 4.78 is 0. The maximum atomic E-state index is 12.7. The lowest BCUT2D eigenvalue weighted by Crippen LogP contribution is -2.41. The van der Waals surface area contributed by atoms with Gasteiger partial charge in [0.15, 0.2) is 0 Å². The zero-order valence-corrected chi connectivity index (χ0v) is 15.5. The molecule has 0 spiro atoms. The van der Waals surface area contributed by atoms with E-state index in [4.69, 9.17) is 5.26 Å². The number of carbonyl (C=O) groups excluding carboxylic acids is 1. The second-order valence-electron chi connectivity index (χ2n) is 7.07. The summed E-state index contributed by atoms with van der Waals surface area (Å²) >= 11 is 0. The molecule has 3 rings (SSSR count). The van der Waals surface area contributed by atoms with Crippen LogP contribution in [0.1, 0.15) is 57.0 Å². The number of carbonyl (C=O) groups is 1. The molecule has 0 radical (unpaired) electrons. The lowest BCUT2D eigenvalue weighted by atomic mass is 9.98. The fourth-order valence-corrected chi connectivity index (χ4v) is 3.48. The van der Waals surface area contributed by atoms with Crippen molar-refractivity contribution in [1.82, 2.24) is 14.9 Å². The number of hydrogen-bond donors (Lipinski definition) is 1. The van der Waals surface area contributed by atoms with Crippen molar-refractivity contribution in [2.75, 3.05) is 6.54 Å². The van der Waals surface area contributed by atoms with Crippen LogP contribution in [0.2, 0.25) is 0 Å². The van der Waals surface area contributed by atoms with Crippen LogP contribution in [0.15, 0.2) is 30.5 Å². The lowest BCUT2D eigenvalue weighted by molar-refractivity contribution is -0.139. The van der Waals surface area contributed by atoms with Gasteiger partial charge < -0.3 is 9.88 Å². The molecule has 1 aromatic heterocycles. The van der Waals surface area contributed by atoms with Crippen LogP contribution >= 0.6 is 0 Å².